The Morgan fingerprint density at radius 1 is 1.75 bits per heavy atom. The third kappa shape index (κ3) is 5.27. The van der Waals surface area contributed by atoms with Gasteiger partial charge in [-0.3, -0.25) is 5.10 Å². The second-order valence-electron chi connectivity index (χ2n) is 0.858. The molecule has 1 atom stereocenters. The van der Waals surface area contributed by atoms with Crippen LogP contribution in [0.1, 0.15) is 0 Å². The zero-order valence-corrected chi connectivity index (χ0v) is 5.03. The Morgan fingerprint density at radius 2 is 2.38 bits per heavy atom. The lowest BCUT2D eigenvalue weighted by Crippen LogP contribution is -1.53. The fraction of sp³-hybridized carbons (Fsp3) is 0. The minimum Gasteiger partial charge on any atom is -0.286 e. The Hall–Kier alpha value is -0.730. The predicted octanol–water partition coefficient (Wildman–Crippen LogP) is 0.327. The van der Waals surface area contributed by atoms with Crippen LogP contribution >= 0.6 is 8.69 Å². The average Bonchev–Trinajstić information content (AvgIpc) is 2.17. The third-order valence-electron chi connectivity index (χ3n) is 0.406. The van der Waals surface area contributed by atoms with Gasteiger partial charge in [0.05, 0.1) is 0 Å². The number of hydrogen-bond donors (Lipinski definition) is 2. The highest BCUT2D eigenvalue weighted by Gasteiger charge is 1.56. The van der Waals surface area contributed by atoms with Gasteiger partial charge in [0.2, 0.25) is 0 Å². The van der Waals surface area contributed by atoms with E-state index in [1.807, 2.05) is 6.07 Å². The maximum Gasteiger partial charge on any atom is 0.491 e. The quantitative estimate of drug-likeness (QED) is 0.501. The average molecular weight is 133 g/mol. The number of nitrogens with zero attached hydrogens (tertiary/aromatic N) is 1. The topological polar surface area (TPSA) is 66.0 Å². The van der Waals surface area contributed by atoms with Crippen LogP contribution in [0.3, 0.4) is 0 Å². The standard InChI is InChI=1S/C3H4N2.HO2P/c1-2-4-5-3-1;1-3-2/h1-3H,(H,4,5);3H/p+1. The van der Waals surface area contributed by atoms with E-state index in [1.165, 1.54) is 0 Å². The van der Waals surface area contributed by atoms with Crippen LogP contribution in [0.4, 0.5) is 0 Å². The van der Waals surface area contributed by atoms with Crippen LogP contribution in [0.5, 0.6) is 0 Å². The van der Waals surface area contributed by atoms with E-state index in [-0.39, 0.29) is 0 Å². The molecule has 0 aliphatic heterocycles. The first-order chi connectivity index (χ1) is 3.91. The molecule has 0 radical (unpaired) electrons. The molecule has 0 amide bonds. The van der Waals surface area contributed by atoms with Gasteiger partial charge in [-0.25, -0.2) is 0 Å². The monoisotopic (exact) mass is 133 g/mol. The van der Waals surface area contributed by atoms with E-state index in [4.69, 9.17) is 9.46 Å². The number of rotatable bonds is 0. The molecule has 5 heteroatoms. The van der Waals surface area contributed by atoms with Crippen LogP contribution in [-0.2, 0) is 4.57 Å². The molecule has 0 saturated carbocycles. The van der Waals surface area contributed by atoms with Crippen molar-refractivity contribution in [2.75, 3.05) is 0 Å². The lowest BCUT2D eigenvalue weighted by molar-refractivity contribution is 0.524. The summed E-state index contributed by atoms with van der Waals surface area (Å²) in [5.41, 5.74) is 0. The molecule has 8 heavy (non-hydrogen) atoms. The predicted molar refractivity (Wildman–Crippen MR) is 29.8 cm³/mol. The third-order valence-corrected chi connectivity index (χ3v) is 0.406. The molecule has 44 valence electrons. The number of nitrogens with one attached hydrogen (secondary N) is 1. The Labute approximate surface area is 47.8 Å². The molecule has 0 spiro atoms. The first-order valence-corrected chi connectivity index (χ1v) is 2.72. The van der Waals surface area contributed by atoms with Gasteiger partial charge in [-0.15, -0.1) is 0 Å². The van der Waals surface area contributed by atoms with E-state index in [1.54, 1.807) is 12.4 Å². The number of aromatic amines is 1. The highest BCUT2D eigenvalue weighted by molar-refractivity contribution is 7.16. The van der Waals surface area contributed by atoms with Gasteiger partial charge in [0.15, 0.2) is 0 Å². The lowest BCUT2D eigenvalue weighted by atomic mass is 10.8. The lowest BCUT2D eigenvalue weighted by Gasteiger charge is -1.49. The van der Waals surface area contributed by atoms with E-state index in [2.05, 4.69) is 10.2 Å². The number of aromatic nitrogens is 2. The maximum absolute atomic E-state index is 8.51. The smallest absolute Gasteiger partial charge is 0.286 e. The highest BCUT2D eigenvalue weighted by Crippen LogP contribution is 1.66. The molecule has 0 fully saturated rings. The van der Waals surface area contributed by atoms with Gasteiger partial charge in [0.25, 0.3) is 0 Å². The van der Waals surface area contributed by atoms with E-state index in [0.717, 1.165) is 0 Å². The molecular formula is C3H6N2O2P+. The summed E-state index contributed by atoms with van der Waals surface area (Å²) in [6.45, 7) is 0. The van der Waals surface area contributed by atoms with Crippen molar-refractivity contribution in [1.82, 2.24) is 10.2 Å². The van der Waals surface area contributed by atoms with Gasteiger partial charge < -0.3 is 0 Å². The Balaban J connectivity index is 0.000000145. The molecule has 1 unspecified atom stereocenters. The summed E-state index contributed by atoms with van der Waals surface area (Å²) < 4.78 is 8.51. The van der Waals surface area contributed by atoms with Crippen molar-refractivity contribution in [2.45, 2.75) is 0 Å². The molecule has 0 saturated heterocycles. The molecule has 4 nitrogen and oxygen atoms in total. The van der Waals surface area contributed by atoms with Gasteiger partial charge in [-0.05, 0) is 10.6 Å². The van der Waals surface area contributed by atoms with Gasteiger partial charge in [-0.1, -0.05) is 0 Å². The van der Waals surface area contributed by atoms with E-state index >= 15 is 0 Å². The Kier molecular flexibility index (Phi) is 5.70. The van der Waals surface area contributed by atoms with E-state index < -0.39 is 8.69 Å². The van der Waals surface area contributed by atoms with Crippen molar-refractivity contribution in [3.8, 4) is 0 Å². The van der Waals surface area contributed by atoms with Crippen molar-refractivity contribution in [3.05, 3.63) is 18.5 Å². The van der Waals surface area contributed by atoms with Crippen molar-refractivity contribution in [1.29, 1.82) is 0 Å². The summed E-state index contributed by atoms with van der Waals surface area (Å²) in [6, 6.07) is 1.83. The summed E-state index contributed by atoms with van der Waals surface area (Å²) in [5, 5.41) is 6.21. The zero-order valence-electron chi connectivity index (χ0n) is 4.03. The van der Waals surface area contributed by atoms with Crippen molar-refractivity contribution in [3.63, 3.8) is 0 Å². The molecular weight excluding hydrogens is 127 g/mol. The second kappa shape index (κ2) is 6.27. The van der Waals surface area contributed by atoms with Gasteiger partial charge >= 0.3 is 8.69 Å². The van der Waals surface area contributed by atoms with Crippen LogP contribution in [0, 0.1) is 0 Å². The first-order valence-electron chi connectivity index (χ1n) is 1.86. The van der Waals surface area contributed by atoms with E-state index in [9.17, 15) is 0 Å². The molecule has 1 rings (SSSR count). The highest BCUT2D eigenvalue weighted by atomic mass is 31.1. The fourth-order valence-electron chi connectivity index (χ4n) is 0.215. The minimum absolute atomic E-state index is 1.17. The van der Waals surface area contributed by atoms with E-state index in [0.29, 0.717) is 0 Å². The zero-order chi connectivity index (χ0) is 6.24. The Morgan fingerprint density at radius 3 is 2.50 bits per heavy atom. The largest absolute Gasteiger partial charge is 0.491 e. The molecule has 1 aromatic rings. The van der Waals surface area contributed by atoms with Crippen LogP contribution < -0.4 is 0 Å². The summed E-state index contributed by atoms with van der Waals surface area (Å²) >= 11 is 0. The minimum atomic E-state index is -1.17. The summed E-state index contributed by atoms with van der Waals surface area (Å²) in [7, 11) is -1.17. The molecule has 1 aromatic heterocycles. The Bertz CT molecular complexity index is 102. The SMILES string of the molecule is O=[PH+]O.c1cn[nH]c1. The maximum atomic E-state index is 8.51. The van der Waals surface area contributed by atoms with Crippen LogP contribution in [-0.4, -0.2) is 15.1 Å². The second-order valence-corrected chi connectivity index (χ2v) is 1.04. The summed E-state index contributed by atoms with van der Waals surface area (Å²) in [5.74, 6) is 0. The van der Waals surface area contributed by atoms with Gasteiger partial charge in [0.1, 0.15) is 0 Å². The van der Waals surface area contributed by atoms with Crippen LogP contribution in [0.2, 0.25) is 0 Å². The number of hydrogen-bond acceptors (Lipinski definition) is 2. The van der Waals surface area contributed by atoms with Gasteiger partial charge in [0, 0.05) is 12.4 Å². The molecule has 2 N–H and O–H groups in total. The first kappa shape index (κ1) is 7.27. The summed E-state index contributed by atoms with van der Waals surface area (Å²) in [4.78, 5) is 7.04. The molecule has 0 aliphatic carbocycles. The molecule has 0 bridgehead atoms. The molecule has 0 aromatic carbocycles. The molecule has 0 aliphatic rings. The van der Waals surface area contributed by atoms with Gasteiger partial charge in [-0.2, -0.15) is 9.99 Å². The van der Waals surface area contributed by atoms with Crippen molar-refractivity contribution >= 4 is 8.69 Å². The molecule has 1 heterocycles. The van der Waals surface area contributed by atoms with Crippen molar-refractivity contribution in [2.24, 2.45) is 0 Å². The van der Waals surface area contributed by atoms with Crippen LogP contribution in [0.25, 0.3) is 0 Å². The fourth-order valence-corrected chi connectivity index (χ4v) is 0.215. The summed E-state index contributed by atoms with van der Waals surface area (Å²) in [6.07, 6.45) is 3.46. The van der Waals surface area contributed by atoms with Crippen LogP contribution in [0.15, 0.2) is 18.5 Å². The number of H-pyrrole nitrogens is 1. The van der Waals surface area contributed by atoms with Crippen molar-refractivity contribution < 1.29 is 9.46 Å². The normalized spacial score (nSPS) is 7.62.